The van der Waals surface area contributed by atoms with Crippen LogP contribution < -0.4 is 0 Å². The van der Waals surface area contributed by atoms with Gasteiger partial charge >= 0.3 is 5.97 Å². The van der Waals surface area contributed by atoms with E-state index in [1.54, 1.807) is 19.3 Å². The number of rotatable bonds is 3. The average Bonchev–Trinajstić information content (AvgIpc) is 2.70. The lowest BCUT2D eigenvalue weighted by atomic mass is 10.2. The molecule has 4 nitrogen and oxygen atoms in total. The van der Waals surface area contributed by atoms with Crippen molar-refractivity contribution in [3.05, 3.63) is 28.5 Å². The molecule has 17 heavy (non-hydrogen) atoms. The molecular weight excluding hydrogens is 284 g/mol. The minimum atomic E-state index is -0.311. The zero-order valence-electron chi connectivity index (χ0n) is 9.74. The molecular formula is C12H13BrN2O2. The maximum atomic E-state index is 11.9. The zero-order valence-corrected chi connectivity index (χ0v) is 11.3. The predicted molar refractivity (Wildman–Crippen MR) is 69.1 cm³/mol. The van der Waals surface area contributed by atoms with E-state index < -0.39 is 0 Å². The lowest BCUT2D eigenvalue weighted by Gasteiger charge is -2.07. The van der Waals surface area contributed by atoms with Crippen molar-refractivity contribution < 1.29 is 9.53 Å². The number of hydrogen-bond acceptors (Lipinski definition) is 3. The summed E-state index contributed by atoms with van der Waals surface area (Å²) in [4.78, 5) is 16.2. The van der Waals surface area contributed by atoms with Crippen molar-refractivity contribution in [3.63, 3.8) is 0 Å². The Hall–Kier alpha value is -1.36. The molecule has 5 heteroatoms. The first kappa shape index (κ1) is 12.1. The molecule has 2 aromatic rings. The quantitative estimate of drug-likeness (QED) is 0.818. The van der Waals surface area contributed by atoms with Crippen LogP contribution in [0.15, 0.2) is 22.9 Å². The van der Waals surface area contributed by atoms with Gasteiger partial charge in [0, 0.05) is 11.0 Å². The van der Waals surface area contributed by atoms with Crippen molar-refractivity contribution in [2.75, 3.05) is 6.61 Å². The summed E-state index contributed by atoms with van der Waals surface area (Å²) in [6, 6.07) is 3.67. The van der Waals surface area contributed by atoms with Gasteiger partial charge in [0.1, 0.15) is 0 Å². The van der Waals surface area contributed by atoms with Crippen LogP contribution in [0.1, 0.15) is 24.2 Å². The number of nitrogens with zero attached hydrogens (tertiary/aromatic N) is 2. The smallest absolute Gasteiger partial charge is 0.340 e. The van der Waals surface area contributed by atoms with Crippen molar-refractivity contribution in [2.45, 2.75) is 20.4 Å². The number of aromatic nitrogens is 2. The molecule has 0 saturated carbocycles. The SMILES string of the molecule is CCOC(=O)c1cc(Br)cc2ncn(CC)c12. The summed E-state index contributed by atoms with van der Waals surface area (Å²) < 4.78 is 7.83. The highest BCUT2D eigenvalue weighted by Gasteiger charge is 2.16. The Bertz CT molecular complexity index is 563. The highest BCUT2D eigenvalue weighted by Crippen LogP contribution is 2.24. The molecule has 0 atom stereocenters. The number of aryl methyl sites for hydroxylation is 1. The van der Waals surface area contributed by atoms with Gasteiger partial charge in [0.05, 0.1) is 29.5 Å². The summed E-state index contributed by atoms with van der Waals surface area (Å²) in [6.45, 7) is 4.94. The molecule has 0 amide bonds. The number of carbonyl (C=O) groups is 1. The minimum Gasteiger partial charge on any atom is -0.462 e. The van der Waals surface area contributed by atoms with Gasteiger partial charge in [-0.25, -0.2) is 9.78 Å². The lowest BCUT2D eigenvalue weighted by molar-refractivity contribution is 0.0528. The number of hydrogen-bond donors (Lipinski definition) is 0. The molecule has 1 heterocycles. The van der Waals surface area contributed by atoms with Crippen LogP contribution in [0.5, 0.6) is 0 Å². The van der Waals surface area contributed by atoms with Crippen LogP contribution in [0.3, 0.4) is 0 Å². The molecule has 0 fully saturated rings. The maximum Gasteiger partial charge on any atom is 0.340 e. The Morgan fingerprint density at radius 1 is 1.47 bits per heavy atom. The molecule has 0 N–H and O–H groups in total. The summed E-state index contributed by atoms with van der Waals surface area (Å²) in [5.74, 6) is -0.311. The van der Waals surface area contributed by atoms with Gasteiger partial charge in [-0.1, -0.05) is 15.9 Å². The molecule has 0 aliphatic carbocycles. The molecule has 2 rings (SSSR count). The van der Waals surface area contributed by atoms with E-state index in [9.17, 15) is 4.79 Å². The topological polar surface area (TPSA) is 44.1 Å². The van der Waals surface area contributed by atoms with Crippen molar-refractivity contribution in [1.29, 1.82) is 0 Å². The third kappa shape index (κ3) is 2.20. The molecule has 0 bridgehead atoms. The van der Waals surface area contributed by atoms with E-state index in [0.717, 1.165) is 22.1 Å². The Labute approximate surface area is 108 Å². The number of benzene rings is 1. The normalized spacial score (nSPS) is 10.8. The van der Waals surface area contributed by atoms with Gasteiger partial charge in [-0.15, -0.1) is 0 Å². The summed E-state index contributed by atoms with van der Waals surface area (Å²) in [7, 11) is 0. The van der Waals surface area contributed by atoms with Crippen LogP contribution in [0.2, 0.25) is 0 Å². The molecule has 90 valence electrons. The number of halogens is 1. The Kier molecular flexibility index (Phi) is 3.47. The van der Waals surface area contributed by atoms with Crippen LogP contribution in [-0.4, -0.2) is 22.1 Å². The number of ether oxygens (including phenoxy) is 1. The number of fused-ring (bicyclic) bond motifs is 1. The van der Waals surface area contributed by atoms with Crippen LogP contribution >= 0.6 is 15.9 Å². The fourth-order valence-corrected chi connectivity index (χ4v) is 2.22. The fourth-order valence-electron chi connectivity index (χ4n) is 1.78. The summed E-state index contributed by atoms with van der Waals surface area (Å²) in [6.07, 6.45) is 1.74. The molecule has 0 radical (unpaired) electrons. The Morgan fingerprint density at radius 2 is 2.24 bits per heavy atom. The molecule has 0 unspecified atom stereocenters. The first-order valence-electron chi connectivity index (χ1n) is 5.48. The molecule has 0 spiro atoms. The van der Waals surface area contributed by atoms with Gasteiger partial charge in [0.25, 0.3) is 0 Å². The number of esters is 1. The lowest BCUT2D eigenvalue weighted by Crippen LogP contribution is -2.07. The van der Waals surface area contributed by atoms with Gasteiger partial charge in [0.2, 0.25) is 0 Å². The van der Waals surface area contributed by atoms with Gasteiger partial charge in [0.15, 0.2) is 0 Å². The van der Waals surface area contributed by atoms with Crippen molar-refractivity contribution in [3.8, 4) is 0 Å². The van der Waals surface area contributed by atoms with E-state index >= 15 is 0 Å². The summed E-state index contributed by atoms with van der Waals surface area (Å²) >= 11 is 3.38. The van der Waals surface area contributed by atoms with E-state index in [-0.39, 0.29) is 5.97 Å². The molecule has 1 aromatic heterocycles. The van der Waals surface area contributed by atoms with Gasteiger partial charge in [-0.3, -0.25) is 0 Å². The highest BCUT2D eigenvalue weighted by atomic mass is 79.9. The third-order valence-corrected chi connectivity index (χ3v) is 2.97. The second kappa shape index (κ2) is 4.87. The fraction of sp³-hybridized carbons (Fsp3) is 0.333. The first-order chi connectivity index (χ1) is 8.17. The minimum absolute atomic E-state index is 0.311. The van der Waals surface area contributed by atoms with Gasteiger partial charge < -0.3 is 9.30 Å². The predicted octanol–water partition coefficient (Wildman–Crippen LogP) is 3.00. The zero-order chi connectivity index (χ0) is 12.4. The molecule has 1 aromatic carbocycles. The van der Waals surface area contributed by atoms with Gasteiger partial charge in [-0.05, 0) is 26.0 Å². The Morgan fingerprint density at radius 3 is 2.88 bits per heavy atom. The number of imidazole rings is 1. The van der Waals surface area contributed by atoms with Crippen LogP contribution in [-0.2, 0) is 11.3 Å². The largest absolute Gasteiger partial charge is 0.462 e. The van der Waals surface area contributed by atoms with Crippen molar-refractivity contribution in [1.82, 2.24) is 9.55 Å². The second-order valence-electron chi connectivity index (χ2n) is 3.57. The standard InChI is InChI=1S/C12H13BrN2O2/c1-3-15-7-14-10-6-8(13)5-9(11(10)15)12(16)17-4-2/h5-7H,3-4H2,1-2H3. The Balaban J connectivity index is 2.66. The van der Waals surface area contributed by atoms with E-state index in [1.165, 1.54) is 0 Å². The van der Waals surface area contributed by atoms with Crippen molar-refractivity contribution in [2.24, 2.45) is 0 Å². The first-order valence-corrected chi connectivity index (χ1v) is 6.28. The highest BCUT2D eigenvalue weighted by molar-refractivity contribution is 9.10. The average molecular weight is 297 g/mol. The number of carbonyl (C=O) groups excluding carboxylic acids is 1. The summed E-state index contributed by atoms with van der Waals surface area (Å²) in [5, 5.41) is 0. The second-order valence-corrected chi connectivity index (χ2v) is 4.49. The van der Waals surface area contributed by atoms with Crippen LogP contribution in [0.25, 0.3) is 11.0 Å². The van der Waals surface area contributed by atoms with Crippen LogP contribution in [0.4, 0.5) is 0 Å². The van der Waals surface area contributed by atoms with E-state index in [1.807, 2.05) is 17.6 Å². The third-order valence-electron chi connectivity index (χ3n) is 2.51. The van der Waals surface area contributed by atoms with Crippen LogP contribution in [0, 0.1) is 0 Å². The van der Waals surface area contributed by atoms with Gasteiger partial charge in [-0.2, -0.15) is 0 Å². The van der Waals surface area contributed by atoms with E-state index in [0.29, 0.717) is 12.2 Å². The molecule has 0 saturated heterocycles. The molecule has 0 aliphatic heterocycles. The van der Waals surface area contributed by atoms with E-state index in [2.05, 4.69) is 20.9 Å². The molecule has 0 aliphatic rings. The summed E-state index contributed by atoms with van der Waals surface area (Å²) in [5.41, 5.74) is 2.18. The van der Waals surface area contributed by atoms with Crippen molar-refractivity contribution >= 4 is 32.9 Å². The van der Waals surface area contributed by atoms with E-state index in [4.69, 9.17) is 4.74 Å². The monoisotopic (exact) mass is 296 g/mol. The maximum absolute atomic E-state index is 11.9.